The Labute approximate surface area is 141 Å². The lowest BCUT2D eigenvalue weighted by molar-refractivity contribution is -0.162. The van der Waals surface area contributed by atoms with Gasteiger partial charge in [0.25, 0.3) is 0 Å². The van der Waals surface area contributed by atoms with E-state index in [-0.39, 0.29) is 18.2 Å². The molecule has 6 heteroatoms. The van der Waals surface area contributed by atoms with E-state index in [0.717, 1.165) is 22.3 Å². The van der Waals surface area contributed by atoms with Crippen molar-refractivity contribution in [3.05, 3.63) is 22.3 Å². The van der Waals surface area contributed by atoms with Gasteiger partial charge in [0.1, 0.15) is 11.5 Å². The smallest absolute Gasteiger partial charge is 0.350 e. The van der Waals surface area contributed by atoms with Crippen LogP contribution in [0.5, 0.6) is 11.5 Å². The van der Waals surface area contributed by atoms with Gasteiger partial charge in [-0.1, -0.05) is 0 Å². The number of hydrogen-bond donors (Lipinski definition) is 1. The first-order chi connectivity index (χ1) is 11.2. The van der Waals surface area contributed by atoms with E-state index in [0.29, 0.717) is 30.8 Å². The summed E-state index contributed by atoms with van der Waals surface area (Å²) in [4.78, 5) is 12.5. The van der Waals surface area contributed by atoms with E-state index in [2.05, 4.69) is 10.2 Å². The van der Waals surface area contributed by atoms with Gasteiger partial charge in [0.15, 0.2) is 5.66 Å². The highest BCUT2D eigenvalue weighted by atomic mass is 16.6. The van der Waals surface area contributed by atoms with Crippen molar-refractivity contribution in [3.63, 3.8) is 0 Å². The van der Waals surface area contributed by atoms with Gasteiger partial charge in [-0.3, -0.25) is 0 Å². The van der Waals surface area contributed by atoms with Crippen LogP contribution >= 0.6 is 0 Å². The van der Waals surface area contributed by atoms with E-state index in [1.807, 2.05) is 27.7 Å². The lowest BCUT2D eigenvalue weighted by atomic mass is 9.87. The summed E-state index contributed by atoms with van der Waals surface area (Å²) in [6.07, 6.45) is 1.79. The van der Waals surface area contributed by atoms with Crippen molar-refractivity contribution in [2.24, 2.45) is 10.2 Å². The van der Waals surface area contributed by atoms with Crippen LogP contribution in [0.25, 0.3) is 0 Å². The van der Waals surface area contributed by atoms with Gasteiger partial charge in [-0.15, -0.1) is 0 Å². The standard InChI is InChI=1S/C18H24N2O4/c1-10-11(2)15-13(12(3)14(10)21)6-7-17(4,24-15)16(22)23-9-8-18(5)19-20-18/h21H,6-9H2,1-5H3. The van der Waals surface area contributed by atoms with Gasteiger partial charge in [0.2, 0.25) is 5.60 Å². The maximum Gasteiger partial charge on any atom is 0.350 e. The first-order valence-electron chi connectivity index (χ1n) is 8.29. The molecule has 24 heavy (non-hydrogen) atoms. The van der Waals surface area contributed by atoms with Gasteiger partial charge >= 0.3 is 5.97 Å². The fourth-order valence-corrected chi connectivity index (χ4v) is 3.07. The Hall–Kier alpha value is -2.11. The van der Waals surface area contributed by atoms with Gasteiger partial charge in [-0.25, -0.2) is 4.79 Å². The molecule has 0 bridgehead atoms. The van der Waals surface area contributed by atoms with E-state index < -0.39 is 5.60 Å². The average Bonchev–Trinajstić information content (AvgIpc) is 3.28. The minimum Gasteiger partial charge on any atom is -0.507 e. The fraction of sp³-hybridized carbons (Fsp3) is 0.611. The van der Waals surface area contributed by atoms with Crippen molar-refractivity contribution in [3.8, 4) is 11.5 Å². The topological polar surface area (TPSA) is 80.5 Å². The molecule has 0 radical (unpaired) electrons. The third kappa shape index (κ3) is 2.74. The molecule has 0 aliphatic carbocycles. The van der Waals surface area contributed by atoms with E-state index in [1.165, 1.54) is 0 Å². The van der Waals surface area contributed by atoms with E-state index in [9.17, 15) is 9.90 Å². The van der Waals surface area contributed by atoms with Crippen molar-refractivity contribution in [2.75, 3.05) is 6.61 Å². The molecule has 1 aromatic rings. The van der Waals surface area contributed by atoms with Crippen molar-refractivity contribution < 1.29 is 19.4 Å². The summed E-state index contributed by atoms with van der Waals surface area (Å²) >= 11 is 0. The number of benzene rings is 1. The highest BCUT2D eigenvalue weighted by molar-refractivity contribution is 5.80. The molecule has 1 N–H and O–H groups in total. The van der Waals surface area contributed by atoms with E-state index >= 15 is 0 Å². The highest BCUT2D eigenvalue weighted by Gasteiger charge is 2.43. The molecule has 0 amide bonds. The number of nitrogens with zero attached hydrogens (tertiary/aromatic N) is 2. The van der Waals surface area contributed by atoms with Crippen LogP contribution in [0, 0.1) is 20.8 Å². The summed E-state index contributed by atoms with van der Waals surface area (Å²) < 4.78 is 11.5. The van der Waals surface area contributed by atoms with Gasteiger partial charge in [0, 0.05) is 18.4 Å². The Bertz CT molecular complexity index is 735. The zero-order valence-electron chi connectivity index (χ0n) is 14.9. The molecule has 1 aromatic carbocycles. The number of carbonyl (C=O) groups is 1. The molecule has 0 fully saturated rings. The fourth-order valence-electron chi connectivity index (χ4n) is 3.07. The molecular formula is C18H24N2O4. The second-order valence-electron chi connectivity index (χ2n) is 7.17. The number of ether oxygens (including phenoxy) is 2. The van der Waals surface area contributed by atoms with Crippen molar-refractivity contribution in [2.45, 2.75) is 65.1 Å². The second kappa shape index (κ2) is 5.46. The molecule has 0 aromatic heterocycles. The predicted molar refractivity (Wildman–Crippen MR) is 88.5 cm³/mol. The summed E-state index contributed by atoms with van der Waals surface area (Å²) in [6, 6.07) is 0. The van der Waals surface area contributed by atoms with Crippen LogP contribution in [0.2, 0.25) is 0 Å². The number of carbonyl (C=O) groups excluding carboxylic acids is 1. The van der Waals surface area contributed by atoms with Gasteiger partial charge in [-0.2, -0.15) is 10.2 Å². The van der Waals surface area contributed by atoms with E-state index in [4.69, 9.17) is 9.47 Å². The average molecular weight is 332 g/mol. The molecule has 2 aliphatic rings. The van der Waals surface area contributed by atoms with Crippen LogP contribution in [0.4, 0.5) is 0 Å². The number of fused-ring (bicyclic) bond motifs is 1. The maximum absolute atomic E-state index is 12.5. The van der Waals surface area contributed by atoms with Crippen molar-refractivity contribution in [1.82, 2.24) is 0 Å². The van der Waals surface area contributed by atoms with Crippen LogP contribution in [-0.4, -0.2) is 28.9 Å². The number of aromatic hydroxyl groups is 1. The lowest BCUT2D eigenvalue weighted by Gasteiger charge is -2.36. The van der Waals surface area contributed by atoms with Crippen molar-refractivity contribution in [1.29, 1.82) is 0 Å². The number of hydrogen-bond acceptors (Lipinski definition) is 6. The molecule has 6 nitrogen and oxygen atoms in total. The molecule has 0 saturated carbocycles. The molecule has 2 heterocycles. The third-order valence-electron chi connectivity index (χ3n) is 5.20. The SMILES string of the molecule is Cc1c(C)c2c(c(C)c1O)CCC(C)(C(=O)OCCC1(C)N=N1)O2. The zero-order chi connectivity index (χ0) is 17.7. The van der Waals surface area contributed by atoms with Gasteiger partial charge < -0.3 is 14.6 Å². The minimum atomic E-state index is -1.01. The zero-order valence-corrected chi connectivity index (χ0v) is 14.9. The minimum absolute atomic E-state index is 0.279. The number of phenolic OH excluding ortho intramolecular Hbond substituents is 1. The first-order valence-corrected chi connectivity index (χ1v) is 8.29. The van der Waals surface area contributed by atoms with Crippen LogP contribution < -0.4 is 4.74 Å². The Morgan fingerprint density at radius 1 is 1.21 bits per heavy atom. The predicted octanol–water partition coefficient (Wildman–Crippen LogP) is 3.52. The molecule has 3 rings (SSSR count). The molecule has 0 saturated heterocycles. The first kappa shape index (κ1) is 16.7. The number of esters is 1. The maximum atomic E-state index is 12.5. The molecular weight excluding hydrogens is 308 g/mol. The molecule has 0 spiro atoms. The van der Waals surface area contributed by atoms with Crippen molar-refractivity contribution >= 4 is 5.97 Å². The van der Waals surface area contributed by atoms with Crippen LogP contribution in [0.3, 0.4) is 0 Å². The third-order valence-corrected chi connectivity index (χ3v) is 5.20. The Kier molecular flexibility index (Phi) is 3.81. The number of phenols is 1. The van der Waals surface area contributed by atoms with Crippen LogP contribution in [0.1, 0.15) is 48.9 Å². The Morgan fingerprint density at radius 2 is 1.88 bits per heavy atom. The van der Waals surface area contributed by atoms with Crippen LogP contribution in [0.15, 0.2) is 10.2 Å². The summed E-state index contributed by atoms with van der Waals surface area (Å²) in [7, 11) is 0. The second-order valence-corrected chi connectivity index (χ2v) is 7.17. The normalized spacial score (nSPS) is 23.4. The molecule has 1 unspecified atom stereocenters. The lowest BCUT2D eigenvalue weighted by Crippen LogP contribution is -2.46. The Balaban J connectivity index is 1.76. The molecule has 2 aliphatic heterocycles. The summed E-state index contributed by atoms with van der Waals surface area (Å²) in [5.41, 5.74) is 2.08. The summed E-state index contributed by atoms with van der Waals surface area (Å²) in [6.45, 7) is 9.59. The van der Waals surface area contributed by atoms with Gasteiger partial charge in [0.05, 0.1) is 6.61 Å². The monoisotopic (exact) mass is 332 g/mol. The highest BCUT2D eigenvalue weighted by Crippen LogP contribution is 2.43. The van der Waals surface area contributed by atoms with E-state index in [1.54, 1.807) is 6.92 Å². The Morgan fingerprint density at radius 3 is 2.50 bits per heavy atom. The summed E-state index contributed by atoms with van der Waals surface area (Å²) in [5, 5.41) is 18.0. The summed E-state index contributed by atoms with van der Waals surface area (Å²) in [5.74, 6) is 0.652. The molecule has 1 atom stereocenters. The van der Waals surface area contributed by atoms with Gasteiger partial charge in [-0.05, 0) is 57.7 Å². The number of rotatable bonds is 4. The van der Waals surface area contributed by atoms with Crippen LogP contribution in [-0.2, 0) is 16.0 Å². The quantitative estimate of drug-likeness (QED) is 0.856. The largest absolute Gasteiger partial charge is 0.507 e. The molecule has 130 valence electrons.